The minimum atomic E-state index is -0.546. The number of aliphatic hydroxyl groups is 1. The van der Waals surface area contributed by atoms with Gasteiger partial charge in [-0.3, -0.25) is 0 Å². The molecule has 0 spiro atoms. The topological polar surface area (TPSA) is 29.5 Å². The summed E-state index contributed by atoms with van der Waals surface area (Å²) in [4.78, 5) is 1.14. The molecule has 0 radical (unpaired) electrons. The van der Waals surface area contributed by atoms with Crippen LogP contribution in [-0.2, 0) is 6.42 Å². The van der Waals surface area contributed by atoms with Crippen LogP contribution in [0.1, 0.15) is 22.1 Å². The molecule has 0 amide bonds. The molecule has 0 saturated heterocycles. The summed E-state index contributed by atoms with van der Waals surface area (Å²) in [7, 11) is 1.63. The van der Waals surface area contributed by atoms with Crippen molar-refractivity contribution in [3.63, 3.8) is 0 Å². The minimum absolute atomic E-state index is 0.546. The molecule has 1 heterocycles. The van der Waals surface area contributed by atoms with Crippen molar-refractivity contribution < 1.29 is 9.84 Å². The monoisotopic (exact) mass is 326 g/mol. The highest BCUT2D eigenvalue weighted by Crippen LogP contribution is 2.32. The number of methoxy groups -OCH3 is 1. The van der Waals surface area contributed by atoms with E-state index in [4.69, 9.17) is 4.74 Å². The number of aliphatic hydroxyl groups excluding tert-OH is 1. The molecule has 0 bridgehead atoms. The van der Waals surface area contributed by atoms with Crippen LogP contribution in [0.5, 0.6) is 5.75 Å². The summed E-state index contributed by atoms with van der Waals surface area (Å²) in [5, 5.41) is 12.3. The summed E-state index contributed by atoms with van der Waals surface area (Å²) in [6.07, 6.45) is 0.0491. The second-order valence-corrected chi connectivity index (χ2v) is 6.01. The lowest BCUT2D eigenvalue weighted by Gasteiger charge is -2.15. The first-order valence-electron chi connectivity index (χ1n) is 5.66. The lowest BCUT2D eigenvalue weighted by atomic mass is 10.0. The average Bonchev–Trinajstić information content (AvgIpc) is 2.74. The molecule has 2 rings (SSSR count). The molecule has 1 unspecified atom stereocenters. The van der Waals surface area contributed by atoms with Crippen molar-refractivity contribution in [2.75, 3.05) is 7.11 Å². The van der Waals surface area contributed by atoms with Crippen molar-refractivity contribution in [1.82, 2.24) is 0 Å². The van der Waals surface area contributed by atoms with Crippen LogP contribution in [0.4, 0.5) is 0 Å². The molecular formula is C14H15BrO2S. The van der Waals surface area contributed by atoms with E-state index in [9.17, 15) is 5.11 Å². The predicted octanol–water partition coefficient (Wildman–Crippen LogP) is 4.10. The number of thiophene rings is 1. The van der Waals surface area contributed by atoms with Crippen LogP contribution in [0.2, 0.25) is 0 Å². The zero-order valence-electron chi connectivity index (χ0n) is 10.3. The smallest absolute Gasteiger partial charge is 0.124 e. The maximum Gasteiger partial charge on any atom is 0.124 e. The summed E-state index contributed by atoms with van der Waals surface area (Å²) < 4.78 is 6.38. The van der Waals surface area contributed by atoms with Crippen molar-refractivity contribution in [1.29, 1.82) is 0 Å². The fraction of sp³-hybridized carbons (Fsp3) is 0.286. The molecule has 1 atom stereocenters. The Balaban J connectivity index is 2.23. The molecule has 1 N–H and O–H groups in total. The quantitative estimate of drug-likeness (QED) is 0.916. The van der Waals surface area contributed by atoms with Gasteiger partial charge in [-0.25, -0.2) is 0 Å². The number of benzene rings is 1. The van der Waals surface area contributed by atoms with Crippen LogP contribution >= 0.6 is 27.3 Å². The van der Waals surface area contributed by atoms with Gasteiger partial charge in [0.2, 0.25) is 0 Å². The molecule has 18 heavy (non-hydrogen) atoms. The van der Waals surface area contributed by atoms with Gasteiger partial charge < -0.3 is 9.84 Å². The highest BCUT2D eigenvalue weighted by molar-refractivity contribution is 9.10. The minimum Gasteiger partial charge on any atom is -0.496 e. The number of ether oxygens (including phenoxy) is 1. The van der Waals surface area contributed by atoms with Crippen LogP contribution < -0.4 is 4.74 Å². The Bertz CT molecular complexity index is 536. The third-order valence-corrected chi connectivity index (χ3v) is 4.77. The molecular weight excluding hydrogens is 312 g/mol. The Morgan fingerprint density at radius 3 is 2.78 bits per heavy atom. The second-order valence-electron chi connectivity index (χ2n) is 4.16. The molecule has 2 aromatic rings. The van der Waals surface area contributed by atoms with Gasteiger partial charge in [0.25, 0.3) is 0 Å². The predicted molar refractivity (Wildman–Crippen MR) is 78.4 cm³/mol. The fourth-order valence-electron chi connectivity index (χ4n) is 1.85. The highest BCUT2D eigenvalue weighted by atomic mass is 79.9. The van der Waals surface area contributed by atoms with Crippen molar-refractivity contribution >= 4 is 27.3 Å². The van der Waals surface area contributed by atoms with Gasteiger partial charge in [0.15, 0.2) is 0 Å². The van der Waals surface area contributed by atoms with Crippen molar-refractivity contribution in [3.05, 3.63) is 50.1 Å². The van der Waals surface area contributed by atoms with Gasteiger partial charge in [-0.1, -0.05) is 12.1 Å². The molecule has 1 aromatic heterocycles. The van der Waals surface area contributed by atoms with Crippen LogP contribution in [-0.4, -0.2) is 12.2 Å². The van der Waals surface area contributed by atoms with E-state index in [0.29, 0.717) is 6.42 Å². The third-order valence-electron chi connectivity index (χ3n) is 2.82. The number of aryl methyl sites for hydroxylation is 1. The first kappa shape index (κ1) is 13.6. The number of hydrogen-bond acceptors (Lipinski definition) is 3. The van der Waals surface area contributed by atoms with Gasteiger partial charge in [-0.05, 0) is 45.9 Å². The normalized spacial score (nSPS) is 12.4. The summed E-state index contributed by atoms with van der Waals surface area (Å²) >= 11 is 5.12. The third kappa shape index (κ3) is 2.94. The highest BCUT2D eigenvalue weighted by Gasteiger charge is 2.16. The molecule has 0 fully saturated rings. The van der Waals surface area contributed by atoms with Crippen LogP contribution in [0.25, 0.3) is 0 Å². The average molecular weight is 327 g/mol. The van der Waals surface area contributed by atoms with Gasteiger partial charge in [0, 0.05) is 21.3 Å². The van der Waals surface area contributed by atoms with E-state index in [1.54, 1.807) is 18.4 Å². The largest absolute Gasteiger partial charge is 0.496 e. The van der Waals surface area contributed by atoms with Gasteiger partial charge in [-0.15, -0.1) is 11.3 Å². The van der Waals surface area contributed by atoms with Gasteiger partial charge >= 0.3 is 0 Å². The van der Waals surface area contributed by atoms with Crippen LogP contribution in [0, 0.1) is 6.92 Å². The van der Waals surface area contributed by atoms with E-state index in [0.717, 1.165) is 26.2 Å². The molecule has 2 nitrogen and oxygen atoms in total. The van der Waals surface area contributed by atoms with Crippen LogP contribution in [0.15, 0.2) is 34.1 Å². The molecule has 1 aromatic carbocycles. The Labute approximate surface area is 119 Å². The molecule has 96 valence electrons. The molecule has 4 heteroatoms. The summed E-state index contributed by atoms with van der Waals surface area (Å²) in [6, 6.07) is 7.87. The van der Waals surface area contributed by atoms with Crippen LogP contribution in [0.3, 0.4) is 0 Å². The number of hydrogen-bond donors (Lipinski definition) is 1. The van der Waals surface area contributed by atoms with Crippen molar-refractivity contribution in [2.24, 2.45) is 0 Å². The molecule has 0 saturated carbocycles. The first-order chi connectivity index (χ1) is 8.61. The Hall–Kier alpha value is -0.840. The van der Waals surface area contributed by atoms with E-state index in [2.05, 4.69) is 15.9 Å². The van der Waals surface area contributed by atoms with E-state index in [1.807, 2.05) is 36.6 Å². The Morgan fingerprint density at radius 1 is 1.39 bits per heavy atom. The Kier molecular flexibility index (Phi) is 4.43. The zero-order valence-corrected chi connectivity index (χ0v) is 12.7. The molecule has 0 aliphatic heterocycles. The Morgan fingerprint density at radius 2 is 2.17 bits per heavy atom. The summed E-state index contributed by atoms with van der Waals surface area (Å²) in [6.45, 7) is 2.01. The first-order valence-corrected chi connectivity index (χ1v) is 7.33. The van der Waals surface area contributed by atoms with E-state index >= 15 is 0 Å². The lowest BCUT2D eigenvalue weighted by molar-refractivity contribution is 0.175. The van der Waals surface area contributed by atoms with E-state index in [1.165, 1.54) is 0 Å². The SMILES string of the molecule is COc1cc(C)ccc1C(O)Cc1sccc1Br. The standard InChI is InChI=1S/C14H15BrO2S/c1-9-3-4-10(13(7-9)17-2)12(16)8-14-11(15)5-6-18-14/h3-7,12,16H,8H2,1-2H3. The lowest BCUT2D eigenvalue weighted by Crippen LogP contribution is -2.03. The van der Waals surface area contributed by atoms with Gasteiger partial charge in [0.05, 0.1) is 13.2 Å². The number of halogens is 1. The van der Waals surface area contributed by atoms with E-state index < -0.39 is 6.10 Å². The summed E-state index contributed by atoms with van der Waals surface area (Å²) in [5.74, 6) is 0.746. The van der Waals surface area contributed by atoms with Crippen molar-refractivity contribution in [3.8, 4) is 5.75 Å². The van der Waals surface area contributed by atoms with Gasteiger partial charge in [0.1, 0.15) is 5.75 Å². The zero-order chi connectivity index (χ0) is 13.1. The molecule has 0 aliphatic carbocycles. The second kappa shape index (κ2) is 5.87. The number of rotatable bonds is 4. The van der Waals surface area contributed by atoms with Gasteiger partial charge in [-0.2, -0.15) is 0 Å². The molecule has 0 aliphatic rings. The maximum atomic E-state index is 10.3. The maximum absolute atomic E-state index is 10.3. The fourth-order valence-corrected chi connectivity index (χ4v) is 3.40. The summed E-state index contributed by atoms with van der Waals surface area (Å²) in [5.41, 5.74) is 1.96. The van der Waals surface area contributed by atoms with Crippen molar-refractivity contribution in [2.45, 2.75) is 19.4 Å². The van der Waals surface area contributed by atoms with E-state index in [-0.39, 0.29) is 0 Å².